The summed E-state index contributed by atoms with van der Waals surface area (Å²) in [5, 5.41) is 8.66. The third-order valence-electron chi connectivity index (χ3n) is 3.49. The van der Waals surface area contributed by atoms with Crippen LogP contribution in [0.4, 0.5) is 0 Å². The average Bonchev–Trinajstić information content (AvgIpc) is 2.43. The first-order chi connectivity index (χ1) is 9.41. The summed E-state index contributed by atoms with van der Waals surface area (Å²) in [6, 6.07) is 0. The van der Waals surface area contributed by atoms with Crippen LogP contribution >= 0.6 is 0 Å². The monoisotopic (exact) mass is 266 g/mol. The number of unbranched alkanes of at least 4 members (excludes halogenated alkanes) is 12. The third-order valence-corrected chi connectivity index (χ3v) is 3.49. The van der Waals surface area contributed by atoms with Crippen LogP contribution in [0.2, 0.25) is 0 Å². The molecule has 0 bridgehead atoms. The number of aliphatic hydroxyl groups is 1. The molecule has 0 aromatic carbocycles. The van der Waals surface area contributed by atoms with Gasteiger partial charge in [-0.05, 0) is 19.3 Å². The summed E-state index contributed by atoms with van der Waals surface area (Å²) in [6.45, 7) is 2.58. The molecule has 0 heterocycles. The fraction of sp³-hybridized carbons (Fsp3) is 0.889. The van der Waals surface area contributed by atoms with Crippen molar-refractivity contribution in [2.24, 2.45) is 0 Å². The van der Waals surface area contributed by atoms with E-state index in [9.17, 15) is 0 Å². The van der Waals surface area contributed by atoms with E-state index in [4.69, 9.17) is 5.11 Å². The Labute approximate surface area is 121 Å². The van der Waals surface area contributed by atoms with Crippen molar-refractivity contribution in [3.8, 4) is 11.8 Å². The molecule has 1 heteroatoms. The maximum atomic E-state index is 8.66. The lowest BCUT2D eigenvalue weighted by atomic mass is 10.1. The van der Waals surface area contributed by atoms with E-state index in [2.05, 4.69) is 18.8 Å². The van der Waals surface area contributed by atoms with Crippen LogP contribution in [0.5, 0.6) is 0 Å². The van der Waals surface area contributed by atoms with E-state index < -0.39 is 0 Å². The topological polar surface area (TPSA) is 20.2 Å². The molecule has 0 aliphatic heterocycles. The number of hydrogen-bond acceptors (Lipinski definition) is 1. The van der Waals surface area contributed by atoms with Gasteiger partial charge in [0.25, 0.3) is 0 Å². The first-order valence-electron chi connectivity index (χ1n) is 8.48. The lowest BCUT2D eigenvalue weighted by molar-refractivity contribution is 0.282. The van der Waals surface area contributed by atoms with Gasteiger partial charge in [0.2, 0.25) is 0 Å². The van der Waals surface area contributed by atoms with Crippen LogP contribution in [0.3, 0.4) is 0 Å². The van der Waals surface area contributed by atoms with Crippen LogP contribution in [0.25, 0.3) is 0 Å². The van der Waals surface area contributed by atoms with Gasteiger partial charge < -0.3 is 5.11 Å². The van der Waals surface area contributed by atoms with Crippen molar-refractivity contribution in [1.29, 1.82) is 0 Å². The molecular formula is C18H34O. The molecule has 0 aromatic rings. The standard InChI is InChI=1S/C18H34O/c1-2-3-4-5-6-7-8-9-10-11-12-13-14-15-16-17-18-19/h19H,2-4,7-18H2,1H3. The lowest BCUT2D eigenvalue weighted by Gasteiger charge is -2.01. The molecule has 0 saturated carbocycles. The molecule has 0 radical (unpaired) electrons. The number of rotatable bonds is 13. The first-order valence-corrected chi connectivity index (χ1v) is 8.48. The Kier molecular flexibility index (Phi) is 17.1. The molecule has 0 atom stereocenters. The highest BCUT2D eigenvalue weighted by Gasteiger charge is 1.92. The number of hydrogen-bond donors (Lipinski definition) is 1. The highest BCUT2D eigenvalue weighted by molar-refractivity contribution is 4.98. The minimum absolute atomic E-state index is 0.362. The minimum atomic E-state index is 0.362. The fourth-order valence-corrected chi connectivity index (χ4v) is 2.18. The molecule has 0 spiro atoms. The predicted molar refractivity (Wildman–Crippen MR) is 85.2 cm³/mol. The van der Waals surface area contributed by atoms with Gasteiger partial charge in [0.05, 0.1) is 0 Å². The van der Waals surface area contributed by atoms with Crippen molar-refractivity contribution in [2.45, 2.75) is 96.8 Å². The maximum Gasteiger partial charge on any atom is 0.0431 e. The van der Waals surface area contributed by atoms with Crippen LogP contribution in [-0.4, -0.2) is 11.7 Å². The van der Waals surface area contributed by atoms with E-state index in [-0.39, 0.29) is 0 Å². The van der Waals surface area contributed by atoms with E-state index in [1.54, 1.807) is 0 Å². The van der Waals surface area contributed by atoms with Crippen LogP contribution in [0.1, 0.15) is 96.8 Å². The van der Waals surface area contributed by atoms with Crippen molar-refractivity contribution in [3.05, 3.63) is 0 Å². The number of aliphatic hydroxyl groups excluding tert-OH is 1. The second-order valence-electron chi connectivity index (χ2n) is 5.47. The van der Waals surface area contributed by atoms with Crippen molar-refractivity contribution >= 4 is 0 Å². The summed E-state index contributed by atoms with van der Waals surface area (Å²) in [5.74, 6) is 6.53. The molecule has 1 N–H and O–H groups in total. The van der Waals surface area contributed by atoms with Crippen LogP contribution in [-0.2, 0) is 0 Å². The van der Waals surface area contributed by atoms with Gasteiger partial charge in [-0.15, -0.1) is 11.8 Å². The Morgan fingerprint density at radius 1 is 0.579 bits per heavy atom. The summed E-state index contributed by atoms with van der Waals surface area (Å²) in [7, 11) is 0. The van der Waals surface area contributed by atoms with Crippen molar-refractivity contribution in [3.63, 3.8) is 0 Å². The van der Waals surface area contributed by atoms with E-state index in [0.29, 0.717) is 6.61 Å². The van der Waals surface area contributed by atoms with Gasteiger partial charge in [-0.3, -0.25) is 0 Å². The molecule has 112 valence electrons. The van der Waals surface area contributed by atoms with Crippen molar-refractivity contribution in [1.82, 2.24) is 0 Å². The average molecular weight is 266 g/mol. The second kappa shape index (κ2) is 17.5. The van der Waals surface area contributed by atoms with Crippen LogP contribution in [0.15, 0.2) is 0 Å². The van der Waals surface area contributed by atoms with E-state index >= 15 is 0 Å². The molecule has 0 aliphatic carbocycles. The van der Waals surface area contributed by atoms with Gasteiger partial charge >= 0.3 is 0 Å². The Morgan fingerprint density at radius 2 is 1.00 bits per heavy atom. The van der Waals surface area contributed by atoms with Gasteiger partial charge in [0.15, 0.2) is 0 Å². The highest BCUT2D eigenvalue weighted by atomic mass is 16.2. The zero-order chi connectivity index (χ0) is 14.0. The molecule has 0 fully saturated rings. The fourth-order valence-electron chi connectivity index (χ4n) is 2.18. The summed E-state index contributed by atoms with van der Waals surface area (Å²) in [5.41, 5.74) is 0. The second-order valence-corrected chi connectivity index (χ2v) is 5.47. The predicted octanol–water partition coefficient (Wildman–Crippen LogP) is 5.46. The van der Waals surface area contributed by atoms with Crippen LogP contribution in [0, 0.1) is 11.8 Å². The molecule has 0 unspecified atom stereocenters. The van der Waals surface area contributed by atoms with Gasteiger partial charge in [0, 0.05) is 19.4 Å². The first kappa shape index (κ1) is 18.5. The smallest absolute Gasteiger partial charge is 0.0431 e. The Hall–Kier alpha value is -0.480. The summed E-state index contributed by atoms with van der Waals surface area (Å²) in [4.78, 5) is 0. The van der Waals surface area contributed by atoms with Crippen molar-refractivity contribution in [2.75, 3.05) is 6.61 Å². The van der Waals surface area contributed by atoms with E-state index in [1.807, 2.05) is 0 Å². The third kappa shape index (κ3) is 17.5. The Balaban J connectivity index is 3.00. The highest BCUT2D eigenvalue weighted by Crippen LogP contribution is 2.11. The van der Waals surface area contributed by atoms with Gasteiger partial charge in [-0.1, -0.05) is 64.7 Å². The van der Waals surface area contributed by atoms with E-state index in [1.165, 1.54) is 70.6 Å². The normalized spacial score (nSPS) is 10.2. The molecular weight excluding hydrogens is 232 g/mol. The SMILES string of the molecule is CCCCC#CCCCCCCCCCCCCO. The molecule has 1 nitrogen and oxygen atoms in total. The minimum Gasteiger partial charge on any atom is -0.396 e. The Morgan fingerprint density at radius 3 is 1.47 bits per heavy atom. The molecule has 0 rings (SSSR count). The zero-order valence-electron chi connectivity index (χ0n) is 13.1. The van der Waals surface area contributed by atoms with Gasteiger partial charge in [-0.25, -0.2) is 0 Å². The molecule has 0 aliphatic rings. The molecule has 0 saturated heterocycles. The Bertz CT molecular complexity index is 211. The van der Waals surface area contributed by atoms with Gasteiger partial charge in [0.1, 0.15) is 0 Å². The zero-order valence-corrected chi connectivity index (χ0v) is 13.1. The van der Waals surface area contributed by atoms with Crippen molar-refractivity contribution < 1.29 is 5.11 Å². The summed E-state index contributed by atoms with van der Waals surface area (Å²) >= 11 is 0. The molecule has 0 amide bonds. The summed E-state index contributed by atoms with van der Waals surface area (Å²) in [6.07, 6.45) is 17.7. The maximum absolute atomic E-state index is 8.66. The summed E-state index contributed by atoms with van der Waals surface area (Å²) < 4.78 is 0. The quantitative estimate of drug-likeness (QED) is 0.346. The van der Waals surface area contributed by atoms with Gasteiger partial charge in [-0.2, -0.15) is 0 Å². The van der Waals surface area contributed by atoms with Crippen LogP contribution < -0.4 is 0 Å². The lowest BCUT2D eigenvalue weighted by Crippen LogP contribution is -1.84. The van der Waals surface area contributed by atoms with E-state index in [0.717, 1.165) is 19.3 Å². The molecule has 0 aromatic heterocycles. The largest absolute Gasteiger partial charge is 0.396 e. The molecule has 19 heavy (non-hydrogen) atoms.